The summed E-state index contributed by atoms with van der Waals surface area (Å²) >= 11 is 5.73. The van der Waals surface area contributed by atoms with Crippen molar-refractivity contribution in [2.75, 3.05) is 13.0 Å². The molecule has 0 unspecified atom stereocenters. The number of methoxy groups -OCH3 is 1. The maximum absolute atomic E-state index is 11.1. The molecule has 1 saturated carbocycles. The number of hydrogen-bond donors (Lipinski definition) is 0. The van der Waals surface area contributed by atoms with Gasteiger partial charge in [0.15, 0.2) is 0 Å². The van der Waals surface area contributed by atoms with E-state index in [1.165, 1.54) is 7.11 Å². The van der Waals surface area contributed by atoms with Gasteiger partial charge in [0, 0.05) is 5.88 Å². The summed E-state index contributed by atoms with van der Waals surface area (Å²) in [6.07, 6.45) is 4.04. The summed E-state index contributed by atoms with van der Waals surface area (Å²) in [7, 11) is 1.45. The minimum absolute atomic E-state index is 0.0528. The van der Waals surface area contributed by atoms with E-state index in [9.17, 15) is 4.79 Å². The van der Waals surface area contributed by atoms with Crippen LogP contribution in [0, 0.1) is 11.8 Å². The van der Waals surface area contributed by atoms with Gasteiger partial charge in [-0.3, -0.25) is 4.79 Å². The number of carbonyl (C=O) groups is 1. The fourth-order valence-corrected chi connectivity index (χ4v) is 2.03. The third-order valence-electron chi connectivity index (χ3n) is 2.60. The van der Waals surface area contributed by atoms with Gasteiger partial charge in [-0.25, -0.2) is 0 Å². The Morgan fingerprint density at radius 2 is 2.00 bits per heavy atom. The second-order valence-corrected chi connectivity index (χ2v) is 3.70. The summed E-state index contributed by atoms with van der Waals surface area (Å²) < 4.78 is 4.69. The van der Waals surface area contributed by atoms with E-state index in [1.54, 1.807) is 0 Å². The Bertz CT molecular complexity index is 151. The van der Waals surface area contributed by atoms with Gasteiger partial charge >= 0.3 is 5.97 Å². The minimum Gasteiger partial charge on any atom is -0.469 e. The Labute approximate surface area is 78.2 Å². The molecular formula is C9H15ClO2. The van der Waals surface area contributed by atoms with E-state index in [1.807, 2.05) is 0 Å². The molecule has 70 valence electrons. The van der Waals surface area contributed by atoms with Crippen LogP contribution in [0.1, 0.15) is 25.7 Å². The molecule has 0 aromatic heterocycles. The standard InChI is InChI=1S/C9H15ClO2/c1-12-9(11)8-4-2-7(6-10)3-5-8/h7-8H,2-6H2,1H3. The highest BCUT2D eigenvalue weighted by molar-refractivity contribution is 6.18. The smallest absolute Gasteiger partial charge is 0.308 e. The van der Waals surface area contributed by atoms with Crippen molar-refractivity contribution in [2.24, 2.45) is 11.8 Å². The molecule has 2 nitrogen and oxygen atoms in total. The van der Waals surface area contributed by atoms with Crippen molar-refractivity contribution in [3.63, 3.8) is 0 Å². The van der Waals surface area contributed by atoms with Crippen molar-refractivity contribution in [1.29, 1.82) is 0 Å². The van der Waals surface area contributed by atoms with E-state index in [2.05, 4.69) is 4.74 Å². The summed E-state index contributed by atoms with van der Waals surface area (Å²) in [6.45, 7) is 0. The monoisotopic (exact) mass is 190 g/mol. The molecule has 0 radical (unpaired) electrons. The first-order valence-electron chi connectivity index (χ1n) is 4.41. The normalized spacial score (nSPS) is 29.8. The summed E-state index contributed by atoms with van der Waals surface area (Å²) in [5, 5.41) is 0. The molecule has 3 heteroatoms. The highest BCUT2D eigenvalue weighted by Crippen LogP contribution is 2.29. The molecule has 1 aliphatic carbocycles. The van der Waals surface area contributed by atoms with Gasteiger partial charge in [-0.2, -0.15) is 0 Å². The number of rotatable bonds is 2. The van der Waals surface area contributed by atoms with E-state index in [-0.39, 0.29) is 11.9 Å². The fourth-order valence-electron chi connectivity index (χ4n) is 1.72. The summed E-state index contributed by atoms with van der Waals surface area (Å²) in [6, 6.07) is 0. The predicted molar refractivity (Wildman–Crippen MR) is 48.2 cm³/mol. The number of carbonyl (C=O) groups excluding carboxylic acids is 1. The molecule has 0 N–H and O–H groups in total. The number of hydrogen-bond acceptors (Lipinski definition) is 2. The highest BCUT2D eigenvalue weighted by atomic mass is 35.5. The second-order valence-electron chi connectivity index (χ2n) is 3.40. The molecule has 0 atom stereocenters. The molecule has 0 amide bonds. The molecule has 1 fully saturated rings. The molecule has 1 rings (SSSR count). The number of alkyl halides is 1. The Hall–Kier alpha value is -0.240. The van der Waals surface area contributed by atoms with Gasteiger partial charge in [-0.1, -0.05) is 0 Å². The van der Waals surface area contributed by atoms with Crippen molar-refractivity contribution < 1.29 is 9.53 Å². The van der Waals surface area contributed by atoms with Crippen LogP contribution >= 0.6 is 11.6 Å². The molecule has 0 spiro atoms. The first kappa shape index (κ1) is 9.85. The number of halogens is 1. The second kappa shape index (κ2) is 4.70. The maximum atomic E-state index is 11.1. The Balaban J connectivity index is 2.30. The van der Waals surface area contributed by atoms with Crippen LogP contribution < -0.4 is 0 Å². The van der Waals surface area contributed by atoms with Crippen LogP contribution in [0.5, 0.6) is 0 Å². The van der Waals surface area contributed by atoms with Crippen molar-refractivity contribution in [2.45, 2.75) is 25.7 Å². The van der Waals surface area contributed by atoms with E-state index in [4.69, 9.17) is 11.6 Å². The zero-order valence-corrected chi connectivity index (χ0v) is 8.14. The van der Waals surface area contributed by atoms with Gasteiger partial charge in [0.2, 0.25) is 0 Å². The zero-order chi connectivity index (χ0) is 8.97. The molecule has 1 aliphatic rings. The minimum atomic E-state index is -0.0528. The first-order chi connectivity index (χ1) is 5.77. The van der Waals surface area contributed by atoms with Gasteiger partial charge < -0.3 is 4.74 Å². The molecule has 0 aliphatic heterocycles. The summed E-state index contributed by atoms with van der Waals surface area (Å²) in [5.74, 6) is 1.43. The average Bonchev–Trinajstić information content (AvgIpc) is 2.17. The highest BCUT2D eigenvalue weighted by Gasteiger charge is 2.26. The van der Waals surface area contributed by atoms with E-state index in [0.29, 0.717) is 5.92 Å². The lowest BCUT2D eigenvalue weighted by Gasteiger charge is -2.25. The molecule has 0 bridgehead atoms. The molecular weight excluding hydrogens is 176 g/mol. The van der Waals surface area contributed by atoms with Crippen LogP contribution in [-0.2, 0) is 9.53 Å². The number of esters is 1. The summed E-state index contributed by atoms with van der Waals surface area (Å²) in [5.41, 5.74) is 0. The van der Waals surface area contributed by atoms with Crippen LogP contribution in [0.2, 0.25) is 0 Å². The summed E-state index contributed by atoms with van der Waals surface area (Å²) in [4.78, 5) is 11.1. The van der Waals surface area contributed by atoms with E-state index < -0.39 is 0 Å². The third-order valence-corrected chi connectivity index (χ3v) is 3.04. The average molecular weight is 191 g/mol. The topological polar surface area (TPSA) is 26.3 Å². The van der Waals surface area contributed by atoms with Crippen LogP contribution in [0.15, 0.2) is 0 Å². The van der Waals surface area contributed by atoms with Crippen molar-refractivity contribution in [3.8, 4) is 0 Å². The Morgan fingerprint density at radius 1 is 1.42 bits per heavy atom. The van der Waals surface area contributed by atoms with Crippen molar-refractivity contribution >= 4 is 17.6 Å². The third kappa shape index (κ3) is 2.37. The van der Waals surface area contributed by atoms with E-state index in [0.717, 1.165) is 31.6 Å². The molecule has 0 aromatic carbocycles. The lowest BCUT2D eigenvalue weighted by molar-refractivity contribution is -0.146. The largest absolute Gasteiger partial charge is 0.469 e. The van der Waals surface area contributed by atoms with Gasteiger partial charge in [-0.05, 0) is 31.6 Å². The Kier molecular flexibility index (Phi) is 3.86. The van der Waals surface area contributed by atoms with Gasteiger partial charge in [0.25, 0.3) is 0 Å². The van der Waals surface area contributed by atoms with Crippen LogP contribution in [-0.4, -0.2) is 19.0 Å². The van der Waals surface area contributed by atoms with Crippen molar-refractivity contribution in [1.82, 2.24) is 0 Å². The lowest BCUT2D eigenvalue weighted by atomic mass is 9.83. The fraction of sp³-hybridized carbons (Fsp3) is 0.889. The van der Waals surface area contributed by atoms with Crippen LogP contribution in [0.4, 0.5) is 0 Å². The molecule has 12 heavy (non-hydrogen) atoms. The predicted octanol–water partition coefficient (Wildman–Crippen LogP) is 2.20. The van der Waals surface area contributed by atoms with Crippen LogP contribution in [0.3, 0.4) is 0 Å². The first-order valence-corrected chi connectivity index (χ1v) is 4.95. The van der Waals surface area contributed by atoms with Crippen LogP contribution in [0.25, 0.3) is 0 Å². The van der Waals surface area contributed by atoms with Gasteiger partial charge in [0.1, 0.15) is 0 Å². The lowest BCUT2D eigenvalue weighted by Crippen LogP contribution is -2.23. The molecule has 0 heterocycles. The van der Waals surface area contributed by atoms with E-state index >= 15 is 0 Å². The molecule has 0 aromatic rings. The quantitative estimate of drug-likeness (QED) is 0.493. The SMILES string of the molecule is COC(=O)C1CCC(CCl)CC1. The van der Waals surface area contributed by atoms with Gasteiger partial charge in [-0.15, -0.1) is 11.6 Å². The maximum Gasteiger partial charge on any atom is 0.308 e. The number of ether oxygens (including phenoxy) is 1. The van der Waals surface area contributed by atoms with Gasteiger partial charge in [0.05, 0.1) is 13.0 Å². The zero-order valence-electron chi connectivity index (χ0n) is 7.38. The Morgan fingerprint density at radius 3 is 2.42 bits per heavy atom. The van der Waals surface area contributed by atoms with Crippen molar-refractivity contribution in [3.05, 3.63) is 0 Å². The molecule has 0 saturated heterocycles.